The molecule has 1 heterocycles. The molecule has 0 aliphatic rings. The fraction of sp³-hybridized carbons (Fsp3) is 0.250. The Bertz CT molecular complexity index is 993. The molecule has 2 aromatic carbocycles. The number of ether oxygens (including phenoxy) is 1. The number of primary amides is 1. The molecular formula is C20H21N3O3. The lowest BCUT2D eigenvalue weighted by atomic mass is 10.1. The minimum Gasteiger partial charge on any atom is -0.494 e. The van der Waals surface area contributed by atoms with Crippen molar-refractivity contribution < 1.29 is 9.53 Å². The maximum Gasteiger partial charge on any atom is 0.265 e. The summed E-state index contributed by atoms with van der Waals surface area (Å²) in [6.07, 6.45) is 0.113. The van der Waals surface area contributed by atoms with E-state index in [1.54, 1.807) is 22.8 Å². The van der Waals surface area contributed by atoms with Crippen molar-refractivity contribution in [1.82, 2.24) is 9.55 Å². The van der Waals surface area contributed by atoms with Gasteiger partial charge in [0.1, 0.15) is 11.6 Å². The molecule has 0 saturated heterocycles. The molecular weight excluding hydrogens is 330 g/mol. The molecule has 6 heteroatoms. The first-order valence-corrected chi connectivity index (χ1v) is 8.54. The summed E-state index contributed by atoms with van der Waals surface area (Å²) in [7, 11) is 0. The van der Waals surface area contributed by atoms with E-state index in [1.807, 2.05) is 44.2 Å². The molecule has 3 aromatic rings. The molecule has 0 radical (unpaired) electrons. The highest BCUT2D eigenvalue weighted by Gasteiger charge is 2.19. The second kappa shape index (κ2) is 7.39. The number of benzene rings is 2. The molecule has 6 nitrogen and oxygen atoms in total. The molecule has 1 unspecified atom stereocenters. The van der Waals surface area contributed by atoms with Crippen LogP contribution in [0.1, 0.15) is 32.0 Å². The summed E-state index contributed by atoms with van der Waals surface area (Å²) in [6, 6.07) is 14.4. The summed E-state index contributed by atoms with van der Waals surface area (Å²) >= 11 is 0. The van der Waals surface area contributed by atoms with Crippen molar-refractivity contribution in [3.8, 4) is 11.4 Å². The summed E-state index contributed by atoms with van der Waals surface area (Å²) in [5.74, 6) is 0.510. The van der Waals surface area contributed by atoms with Crippen LogP contribution in [0.25, 0.3) is 16.6 Å². The Hall–Kier alpha value is -3.15. The van der Waals surface area contributed by atoms with Crippen LogP contribution >= 0.6 is 0 Å². The number of nitrogens with zero attached hydrogens (tertiary/aromatic N) is 2. The first kappa shape index (κ1) is 17.7. The van der Waals surface area contributed by atoms with Crippen molar-refractivity contribution >= 4 is 16.8 Å². The standard InChI is InChI=1S/C20H21N3O3/c1-3-26-15-10-8-14(9-11-15)23-19(13(2)12-18(21)24)22-17-7-5-4-6-16(17)20(23)25/h4-11,13H,3,12H2,1-2H3,(H2,21,24). The molecule has 1 amide bonds. The number of fused-ring (bicyclic) bond motifs is 1. The van der Waals surface area contributed by atoms with Crippen molar-refractivity contribution in [2.24, 2.45) is 5.73 Å². The highest BCUT2D eigenvalue weighted by Crippen LogP contribution is 2.23. The highest BCUT2D eigenvalue weighted by atomic mass is 16.5. The van der Waals surface area contributed by atoms with Crippen LogP contribution in [0, 0.1) is 0 Å². The minimum atomic E-state index is -0.432. The van der Waals surface area contributed by atoms with Gasteiger partial charge in [0.25, 0.3) is 5.56 Å². The lowest BCUT2D eigenvalue weighted by Crippen LogP contribution is -2.26. The average molecular weight is 351 g/mol. The van der Waals surface area contributed by atoms with Gasteiger partial charge in [-0.25, -0.2) is 4.98 Å². The Balaban J connectivity index is 2.22. The summed E-state index contributed by atoms with van der Waals surface area (Å²) in [5.41, 5.74) is 6.45. The maximum atomic E-state index is 13.1. The van der Waals surface area contributed by atoms with Crippen molar-refractivity contribution in [3.05, 3.63) is 64.7 Å². The predicted molar refractivity (Wildman–Crippen MR) is 101 cm³/mol. The van der Waals surface area contributed by atoms with E-state index < -0.39 is 5.91 Å². The van der Waals surface area contributed by atoms with Gasteiger partial charge in [-0.15, -0.1) is 0 Å². The van der Waals surface area contributed by atoms with Gasteiger partial charge >= 0.3 is 0 Å². The number of para-hydroxylation sites is 1. The zero-order valence-electron chi connectivity index (χ0n) is 14.8. The molecule has 0 bridgehead atoms. The fourth-order valence-electron chi connectivity index (χ4n) is 2.98. The number of rotatable bonds is 6. The summed E-state index contributed by atoms with van der Waals surface area (Å²) in [5, 5.41) is 0.524. The summed E-state index contributed by atoms with van der Waals surface area (Å²) in [6.45, 7) is 4.32. The molecule has 0 saturated carbocycles. The van der Waals surface area contributed by atoms with Gasteiger partial charge in [-0.1, -0.05) is 19.1 Å². The van der Waals surface area contributed by atoms with E-state index in [1.165, 1.54) is 0 Å². The molecule has 3 rings (SSSR count). The molecule has 0 aliphatic carbocycles. The summed E-state index contributed by atoms with van der Waals surface area (Å²) < 4.78 is 7.01. The lowest BCUT2D eigenvalue weighted by Gasteiger charge is -2.18. The van der Waals surface area contributed by atoms with Crippen molar-refractivity contribution in [3.63, 3.8) is 0 Å². The lowest BCUT2D eigenvalue weighted by molar-refractivity contribution is -0.118. The Morgan fingerprint density at radius 1 is 1.19 bits per heavy atom. The monoisotopic (exact) mass is 351 g/mol. The Labute approximate surface area is 151 Å². The average Bonchev–Trinajstić information content (AvgIpc) is 2.62. The Morgan fingerprint density at radius 2 is 1.88 bits per heavy atom. The number of amides is 1. The van der Waals surface area contributed by atoms with Gasteiger partial charge in [0.15, 0.2) is 0 Å². The number of carbonyl (C=O) groups excluding carboxylic acids is 1. The van der Waals surface area contributed by atoms with Gasteiger partial charge < -0.3 is 10.5 Å². The van der Waals surface area contributed by atoms with Crippen LogP contribution in [0.4, 0.5) is 0 Å². The van der Waals surface area contributed by atoms with Crippen LogP contribution in [0.2, 0.25) is 0 Å². The Morgan fingerprint density at radius 3 is 2.54 bits per heavy atom. The van der Waals surface area contributed by atoms with Gasteiger partial charge in [-0.2, -0.15) is 0 Å². The number of hydrogen-bond acceptors (Lipinski definition) is 4. The zero-order chi connectivity index (χ0) is 18.7. The van der Waals surface area contributed by atoms with E-state index in [2.05, 4.69) is 4.98 Å². The van der Waals surface area contributed by atoms with Crippen LogP contribution in [-0.2, 0) is 4.79 Å². The van der Waals surface area contributed by atoms with Gasteiger partial charge in [-0.3, -0.25) is 14.2 Å². The van der Waals surface area contributed by atoms with E-state index in [0.717, 1.165) is 5.75 Å². The third kappa shape index (κ3) is 3.44. The SMILES string of the molecule is CCOc1ccc(-n2c(C(C)CC(N)=O)nc3ccccc3c2=O)cc1. The second-order valence-electron chi connectivity index (χ2n) is 6.13. The third-order valence-corrected chi connectivity index (χ3v) is 4.16. The van der Waals surface area contributed by atoms with Gasteiger partial charge in [0.05, 0.1) is 23.2 Å². The fourth-order valence-corrected chi connectivity index (χ4v) is 2.98. The number of hydrogen-bond donors (Lipinski definition) is 1. The van der Waals surface area contributed by atoms with Crippen LogP contribution in [-0.4, -0.2) is 22.1 Å². The van der Waals surface area contributed by atoms with Crippen LogP contribution in [0.15, 0.2) is 53.3 Å². The van der Waals surface area contributed by atoms with E-state index in [-0.39, 0.29) is 17.9 Å². The molecule has 26 heavy (non-hydrogen) atoms. The third-order valence-electron chi connectivity index (χ3n) is 4.16. The zero-order valence-corrected chi connectivity index (χ0v) is 14.8. The topological polar surface area (TPSA) is 87.2 Å². The van der Waals surface area contributed by atoms with Crippen LogP contribution in [0.5, 0.6) is 5.75 Å². The quantitative estimate of drug-likeness (QED) is 0.740. The number of nitrogens with two attached hydrogens (primary N) is 1. The van der Waals surface area contributed by atoms with Crippen molar-refractivity contribution in [2.45, 2.75) is 26.2 Å². The highest BCUT2D eigenvalue weighted by molar-refractivity contribution is 5.78. The van der Waals surface area contributed by atoms with Crippen molar-refractivity contribution in [2.75, 3.05) is 6.61 Å². The normalized spacial score (nSPS) is 12.1. The number of carbonyl (C=O) groups is 1. The van der Waals surface area contributed by atoms with E-state index in [9.17, 15) is 9.59 Å². The first-order chi connectivity index (χ1) is 12.5. The largest absolute Gasteiger partial charge is 0.494 e. The van der Waals surface area contributed by atoms with E-state index in [4.69, 9.17) is 10.5 Å². The molecule has 0 fully saturated rings. The van der Waals surface area contributed by atoms with Crippen LogP contribution < -0.4 is 16.0 Å². The smallest absolute Gasteiger partial charge is 0.265 e. The van der Waals surface area contributed by atoms with Crippen molar-refractivity contribution in [1.29, 1.82) is 0 Å². The predicted octanol–water partition coefficient (Wildman–Crippen LogP) is 2.76. The van der Waals surface area contributed by atoms with E-state index >= 15 is 0 Å². The first-order valence-electron chi connectivity index (χ1n) is 8.54. The van der Waals surface area contributed by atoms with E-state index in [0.29, 0.717) is 29.0 Å². The minimum absolute atomic E-state index is 0.113. The Kier molecular flexibility index (Phi) is 5.02. The molecule has 134 valence electrons. The molecule has 0 spiro atoms. The molecule has 2 N–H and O–H groups in total. The molecule has 0 aliphatic heterocycles. The molecule has 1 aromatic heterocycles. The van der Waals surface area contributed by atoms with Gasteiger partial charge in [0.2, 0.25) is 5.91 Å². The number of aromatic nitrogens is 2. The summed E-state index contributed by atoms with van der Waals surface area (Å²) in [4.78, 5) is 29.2. The van der Waals surface area contributed by atoms with Gasteiger partial charge in [0, 0.05) is 12.3 Å². The maximum absolute atomic E-state index is 13.1. The van der Waals surface area contributed by atoms with Crippen LogP contribution in [0.3, 0.4) is 0 Å². The van der Waals surface area contributed by atoms with Gasteiger partial charge in [-0.05, 0) is 43.3 Å². The molecule has 1 atom stereocenters. The second-order valence-corrected chi connectivity index (χ2v) is 6.13.